The van der Waals surface area contributed by atoms with E-state index in [4.69, 9.17) is 4.74 Å². The van der Waals surface area contributed by atoms with Crippen LogP contribution in [0.1, 0.15) is 46.5 Å². The number of nitrogens with zero attached hydrogens (tertiary/aromatic N) is 1. The summed E-state index contributed by atoms with van der Waals surface area (Å²) in [5, 5.41) is 3.71. The largest absolute Gasteiger partial charge is 0.378 e. The molecule has 0 aromatic rings. The van der Waals surface area contributed by atoms with Gasteiger partial charge in [0.2, 0.25) is 0 Å². The Kier molecular flexibility index (Phi) is 5.90. The van der Waals surface area contributed by atoms with Crippen molar-refractivity contribution in [2.24, 2.45) is 0 Å². The molecule has 0 amide bonds. The molecule has 2 unspecified atom stereocenters. The predicted octanol–water partition coefficient (Wildman–Crippen LogP) is 2.26. The van der Waals surface area contributed by atoms with Gasteiger partial charge in [0.05, 0.1) is 6.10 Å². The number of hydrogen-bond acceptors (Lipinski definition) is 3. The van der Waals surface area contributed by atoms with E-state index in [1.807, 2.05) is 0 Å². The summed E-state index contributed by atoms with van der Waals surface area (Å²) in [7, 11) is 4.29. The lowest BCUT2D eigenvalue weighted by Gasteiger charge is -2.36. The summed E-state index contributed by atoms with van der Waals surface area (Å²) in [6, 6.07) is 0.638. The summed E-state index contributed by atoms with van der Waals surface area (Å²) in [6.45, 7) is 8.76. The molecule has 2 atom stereocenters. The maximum atomic E-state index is 5.78. The first kappa shape index (κ1) is 14.9. The molecule has 0 bridgehead atoms. The molecule has 1 saturated heterocycles. The topological polar surface area (TPSA) is 24.5 Å². The Bertz CT molecular complexity index is 214. The number of hydrogen-bond donors (Lipinski definition) is 1. The van der Waals surface area contributed by atoms with Crippen LogP contribution >= 0.6 is 0 Å². The van der Waals surface area contributed by atoms with Crippen LogP contribution in [0.5, 0.6) is 0 Å². The Labute approximate surface area is 107 Å². The van der Waals surface area contributed by atoms with Crippen LogP contribution in [0.2, 0.25) is 0 Å². The minimum Gasteiger partial charge on any atom is -0.378 e. The van der Waals surface area contributed by atoms with Crippen molar-refractivity contribution in [2.45, 2.75) is 64.1 Å². The Balaban J connectivity index is 2.31. The normalized spacial score (nSPS) is 26.5. The van der Waals surface area contributed by atoms with Crippen LogP contribution in [0.15, 0.2) is 0 Å². The van der Waals surface area contributed by atoms with Gasteiger partial charge in [-0.1, -0.05) is 13.3 Å². The third kappa shape index (κ3) is 4.94. The first-order valence-corrected chi connectivity index (χ1v) is 6.98. The second kappa shape index (κ2) is 6.72. The molecule has 0 saturated carbocycles. The molecule has 0 aromatic carbocycles. The summed E-state index contributed by atoms with van der Waals surface area (Å²) in [5.41, 5.74) is 0.221. The molecule has 1 heterocycles. The lowest BCUT2D eigenvalue weighted by atomic mass is 9.98. The van der Waals surface area contributed by atoms with E-state index in [1.165, 1.54) is 19.3 Å². The number of ether oxygens (including phenoxy) is 1. The highest BCUT2D eigenvalue weighted by Gasteiger charge is 2.25. The number of rotatable bonds is 6. The maximum Gasteiger partial charge on any atom is 0.0589 e. The average Bonchev–Trinajstić information content (AvgIpc) is 2.27. The predicted molar refractivity (Wildman–Crippen MR) is 73.4 cm³/mol. The molecule has 17 heavy (non-hydrogen) atoms. The summed E-state index contributed by atoms with van der Waals surface area (Å²) in [5.74, 6) is 0. The fraction of sp³-hybridized carbons (Fsp3) is 1.00. The van der Waals surface area contributed by atoms with Crippen molar-refractivity contribution in [1.82, 2.24) is 10.2 Å². The highest BCUT2D eigenvalue weighted by molar-refractivity contribution is 4.84. The van der Waals surface area contributed by atoms with Gasteiger partial charge in [0, 0.05) is 24.7 Å². The van der Waals surface area contributed by atoms with Crippen LogP contribution in [0, 0.1) is 0 Å². The third-order valence-corrected chi connectivity index (χ3v) is 4.01. The zero-order valence-corrected chi connectivity index (χ0v) is 12.3. The van der Waals surface area contributed by atoms with E-state index in [9.17, 15) is 0 Å². The highest BCUT2D eigenvalue weighted by atomic mass is 16.5. The first-order valence-electron chi connectivity index (χ1n) is 6.98. The summed E-state index contributed by atoms with van der Waals surface area (Å²) in [4.78, 5) is 2.28. The molecule has 0 spiro atoms. The first-order chi connectivity index (χ1) is 7.95. The molecular formula is C14H30N2O. The van der Waals surface area contributed by atoms with Crippen molar-refractivity contribution < 1.29 is 4.74 Å². The zero-order valence-electron chi connectivity index (χ0n) is 12.3. The summed E-state index contributed by atoms with van der Waals surface area (Å²) in [6.07, 6.45) is 5.24. The highest BCUT2D eigenvalue weighted by Crippen LogP contribution is 2.18. The van der Waals surface area contributed by atoms with Gasteiger partial charge in [-0.05, 0) is 47.2 Å². The van der Waals surface area contributed by atoms with E-state index in [2.05, 4.69) is 45.1 Å². The van der Waals surface area contributed by atoms with Gasteiger partial charge in [0.15, 0.2) is 0 Å². The van der Waals surface area contributed by atoms with E-state index in [1.54, 1.807) is 0 Å². The van der Waals surface area contributed by atoms with E-state index in [0.717, 1.165) is 19.6 Å². The monoisotopic (exact) mass is 242 g/mol. The van der Waals surface area contributed by atoms with Crippen molar-refractivity contribution in [1.29, 1.82) is 0 Å². The molecule has 0 radical (unpaired) electrons. The van der Waals surface area contributed by atoms with Crippen LogP contribution in [-0.4, -0.2) is 49.8 Å². The van der Waals surface area contributed by atoms with E-state index in [0.29, 0.717) is 12.1 Å². The Hall–Kier alpha value is -0.120. The fourth-order valence-electron chi connectivity index (χ4n) is 2.14. The number of likely N-dealkylation sites (N-methyl/N-ethyl adjacent to an activating group) is 1. The smallest absolute Gasteiger partial charge is 0.0589 e. The molecule has 1 fully saturated rings. The number of nitrogens with one attached hydrogen (secondary N) is 1. The van der Waals surface area contributed by atoms with Crippen LogP contribution < -0.4 is 5.32 Å². The van der Waals surface area contributed by atoms with Crippen molar-refractivity contribution in [3.63, 3.8) is 0 Å². The fourth-order valence-corrected chi connectivity index (χ4v) is 2.14. The zero-order chi connectivity index (χ0) is 12.9. The minimum absolute atomic E-state index is 0.221. The van der Waals surface area contributed by atoms with Crippen LogP contribution in [0.3, 0.4) is 0 Å². The van der Waals surface area contributed by atoms with Gasteiger partial charge < -0.3 is 15.0 Å². The Morgan fingerprint density at radius 1 is 1.35 bits per heavy atom. The molecule has 3 heteroatoms. The lowest BCUT2D eigenvalue weighted by Crippen LogP contribution is -2.50. The van der Waals surface area contributed by atoms with Crippen molar-refractivity contribution >= 4 is 0 Å². The van der Waals surface area contributed by atoms with Gasteiger partial charge in [-0.3, -0.25) is 0 Å². The molecule has 1 rings (SSSR count). The van der Waals surface area contributed by atoms with Crippen LogP contribution in [-0.2, 0) is 4.74 Å². The van der Waals surface area contributed by atoms with Gasteiger partial charge in [-0.15, -0.1) is 0 Å². The van der Waals surface area contributed by atoms with Crippen LogP contribution in [0.25, 0.3) is 0 Å². The van der Waals surface area contributed by atoms with E-state index >= 15 is 0 Å². The molecular weight excluding hydrogens is 212 g/mol. The molecule has 102 valence electrons. The molecule has 3 nitrogen and oxygen atoms in total. The minimum atomic E-state index is 0.221. The Morgan fingerprint density at radius 2 is 2.06 bits per heavy atom. The second-order valence-corrected chi connectivity index (χ2v) is 6.09. The van der Waals surface area contributed by atoms with E-state index < -0.39 is 0 Å². The van der Waals surface area contributed by atoms with Gasteiger partial charge in [-0.2, -0.15) is 0 Å². The quantitative estimate of drug-likeness (QED) is 0.773. The van der Waals surface area contributed by atoms with Crippen molar-refractivity contribution in [2.75, 3.05) is 27.2 Å². The van der Waals surface area contributed by atoms with Crippen molar-refractivity contribution in [3.8, 4) is 0 Å². The molecule has 1 N–H and O–H groups in total. The maximum absolute atomic E-state index is 5.78. The van der Waals surface area contributed by atoms with Gasteiger partial charge >= 0.3 is 0 Å². The average molecular weight is 242 g/mol. The summed E-state index contributed by atoms with van der Waals surface area (Å²) < 4.78 is 5.78. The molecule has 0 aromatic heterocycles. The van der Waals surface area contributed by atoms with Gasteiger partial charge in [-0.25, -0.2) is 0 Å². The summed E-state index contributed by atoms with van der Waals surface area (Å²) >= 11 is 0. The Morgan fingerprint density at radius 3 is 2.65 bits per heavy atom. The lowest BCUT2D eigenvalue weighted by molar-refractivity contribution is -0.00510. The second-order valence-electron chi connectivity index (χ2n) is 6.09. The van der Waals surface area contributed by atoms with Gasteiger partial charge in [0.1, 0.15) is 0 Å². The molecule has 1 aliphatic rings. The van der Waals surface area contributed by atoms with Crippen molar-refractivity contribution in [3.05, 3.63) is 0 Å². The van der Waals surface area contributed by atoms with Gasteiger partial charge in [0.25, 0.3) is 0 Å². The van der Waals surface area contributed by atoms with Crippen LogP contribution in [0.4, 0.5) is 0 Å². The standard InChI is InChI=1S/C14H30N2O/c1-6-7-13-10-12(8-9-17-13)15-11-14(2,3)16(4)5/h12-13,15H,6-11H2,1-5H3. The van der Waals surface area contributed by atoms with E-state index in [-0.39, 0.29) is 5.54 Å². The third-order valence-electron chi connectivity index (χ3n) is 4.01. The molecule has 0 aliphatic carbocycles. The molecule has 1 aliphatic heterocycles. The SMILES string of the molecule is CCCC1CC(NCC(C)(C)N(C)C)CCO1.